The van der Waals surface area contributed by atoms with Gasteiger partial charge in [-0.2, -0.15) is 0 Å². The second-order valence-corrected chi connectivity index (χ2v) is 2.58. The van der Waals surface area contributed by atoms with Crippen molar-refractivity contribution in [3.8, 4) is 5.75 Å². The molecule has 1 rings (SSSR count). The van der Waals surface area contributed by atoms with E-state index in [-0.39, 0.29) is 48.4 Å². The van der Waals surface area contributed by atoms with Crippen molar-refractivity contribution in [1.29, 1.82) is 0 Å². The van der Waals surface area contributed by atoms with Crippen LogP contribution in [0.1, 0.15) is 15.9 Å². The summed E-state index contributed by atoms with van der Waals surface area (Å²) in [5.74, 6) is -1.24. The Balaban J connectivity index is 0. The largest absolute Gasteiger partial charge is 0.505 e. The van der Waals surface area contributed by atoms with Crippen LogP contribution in [0.25, 0.3) is 0 Å². The van der Waals surface area contributed by atoms with Gasteiger partial charge in [0.1, 0.15) is 5.75 Å². The van der Waals surface area contributed by atoms with Gasteiger partial charge in [0.05, 0.1) is 11.3 Å². The van der Waals surface area contributed by atoms with Gasteiger partial charge in [-0.05, 0) is 12.1 Å². The highest BCUT2D eigenvalue weighted by Crippen LogP contribution is 2.26. The summed E-state index contributed by atoms with van der Waals surface area (Å²) in [6.45, 7) is 0.0527. The van der Waals surface area contributed by atoms with Gasteiger partial charge >= 0.3 is 5.97 Å². The minimum Gasteiger partial charge on any atom is -0.505 e. The van der Waals surface area contributed by atoms with Crippen molar-refractivity contribution in [3.05, 3.63) is 23.3 Å². The smallest absolute Gasteiger partial charge is 0.335 e. The van der Waals surface area contributed by atoms with Crippen molar-refractivity contribution in [3.63, 3.8) is 0 Å². The van der Waals surface area contributed by atoms with Crippen LogP contribution in [-0.4, -0.2) is 16.2 Å². The summed E-state index contributed by atoms with van der Waals surface area (Å²) in [6.07, 6.45) is 0. The molecule has 5 nitrogen and oxygen atoms in total. The van der Waals surface area contributed by atoms with Gasteiger partial charge in [0.25, 0.3) is 0 Å². The quantitative estimate of drug-likeness (QED) is 0.465. The number of carboxylic acids is 1. The molecule has 0 aliphatic rings. The topological polar surface area (TPSA) is 110 Å². The van der Waals surface area contributed by atoms with Crippen LogP contribution in [0.4, 0.5) is 5.69 Å². The van der Waals surface area contributed by atoms with Crippen LogP contribution in [0, 0.1) is 0 Å². The zero-order chi connectivity index (χ0) is 10.0. The molecule has 15 heavy (non-hydrogen) atoms. The SMILES string of the molecule is Cl.Cl.NCc1cc(C(=O)O)cc(N)c1O. The minimum atomic E-state index is -1.10. The minimum absolute atomic E-state index is 0. The number of halogens is 2. The number of phenols is 1. The number of nitrogens with two attached hydrogens (primary N) is 2. The molecule has 0 amide bonds. The Bertz CT molecular complexity index is 358. The number of anilines is 1. The third-order valence-electron chi connectivity index (χ3n) is 1.69. The first-order valence-corrected chi connectivity index (χ1v) is 3.61. The number of carboxylic acid groups (broad SMARTS) is 1. The zero-order valence-electron chi connectivity index (χ0n) is 7.64. The van der Waals surface area contributed by atoms with Crippen molar-refractivity contribution in [1.82, 2.24) is 0 Å². The predicted octanol–water partition coefficient (Wildman–Crippen LogP) is 0.975. The van der Waals surface area contributed by atoms with Crippen molar-refractivity contribution in [2.75, 3.05) is 5.73 Å². The Kier molecular flexibility index (Phi) is 6.87. The van der Waals surface area contributed by atoms with Gasteiger partial charge in [0.15, 0.2) is 0 Å². The first-order valence-electron chi connectivity index (χ1n) is 3.61. The van der Waals surface area contributed by atoms with Crippen LogP contribution < -0.4 is 11.5 Å². The lowest BCUT2D eigenvalue weighted by Gasteiger charge is -2.06. The highest BCUT2D eigenvalue weighted by molar-refractivity contribution is 5.89. The van der Waals surface area contributed by atoms with Gasteiger partial charge in [-0.1, -0.05) is 0 Å². The maximum absolute atomic E-state index is 10.6. The van der Waals surface area contributed by atoms with Gasteiger partial charge in [0, 0.05) is 12.1 Å². The number of rotatable bonds is 2. The van der Waals surface area contributed by atoms with Gasteiger partial charge in [0.2, 0.25) is 0 Å². The number of benzene rings is 1. The lowest BCUT2D eigenvalue weighted by Crippen LogP contribution is -2.04. The lowest BCUT2D eigenvalue weighted by molar-refractivity contribution is 0.0697. The molecule has 0 fully saturated rings. The second kappa shape index (κ2) is 6.34. The maximum Gasteiger partial charge on any atom is 0.335 e. The molecule has 0 aliphatic carbocycles. The molecule has 1 aromatic rings. The second-order valence-electron chi connectivity index (χ2n) is 2.58. The molecule has 0 aliphatic heterocycles. The van der Waals surface area contributed by atoms with E-state index in [1.165, 1.54) is 12.1 Å². The molecular formula is C8H12Cl2N2O3. The van der Waals surface area contributed by atoms with Crippen LogP contribution in [0.5, 0.6) is 5.75 Å². The number of carbonyl (C=O) groups is 1. The first-order chi connectivity index (χ1) is 6.06. The number of aromatic carboxylic acids is 1. The van der Waals surface area contributed by atoms with Crippen molar-refractivity contribution >= 4 is 36.5 Å². The van der Waals surface area contributed by atoms with E-state index in [1.54, 1.807) is 0 Å². The van der Waals surface area contributed by atoms with E-state index >= 15 is 0 Å². The summed E-state index contributed by atoms with van der Waals surface area (Å²) in [5.41, 5.74) is 11.0. The van der Waals surface area contributed by atoms with Crippen molar-refractivity contribution in [2.24, 2.45) is 5.73 Å². The first kappa shape index (κ1) is 16.3. The molecule has 0 unspecified atom stereocenters. The Morgan fingerprint density at radius 3 is 2.27 bits per heavy atom. The van der Waals surface area contributed by atoms with E-state index in [0.29, 0.717) is 5.56 Å². The molecular weight excluding hydrogens is 243 g/mol. The van der Waals surface area contributed by atoms with E-state index in [2.05, 4.69) is 0 Å². The predicted molar refractivity (Wildman–Crippen MR) is 61.9 cm³/mol. The number of aromatic hydroxyl groups is 1. The number of nitrogen functional groups attached to an aromatic ring is 1. The van der Waals surface area contributed by atoms with E-state index < -0.39 is 5.97 Å². The van der Waals surface area contributed by atoms with Crippen LogP contribution in [0.2, 0.25) is 0 Å². The molecule has 86 valence electrons. The van der Waals surface area contributed by atoms with Crippen molar-refractivity contribution in [2.45, 2.75) is 6.54 Å². The monoisotopic (exact) mass is 254 g/mol. The molecule has 0 bridgehead atoms. The number of hydrogen-bond donors (Lipinski definition) is 4. The Labute approximate surface area is 98.9 Å². The highest BCUT2D eigenvalue weighted by atomic mass is 35.5. The zero-order valence-corrected chi connectivity index (χ0v) is 9.27. The van der Waals surface area contributed by atoms with Gasteiger partial charge in [-0.3, -0.25) is 0 Å². The summed E-state index contributed by atoms with van der Waals surface area (Å²) >= 11 is 0. The van der Waals surface area contributed by atoms with Crippen molar-refractivity contribution < 1.29 is 15.0 Å². The van der Waals surface area contributed by atoms with Crippen LogP contribution in [-0.2, 0) is 6.54 Å². The van der Waals surface area contributed by atoms with E-state index in [9.17, 15) is 9.90 Å². The highest BCUT2D eigenvalue weighted by Gasteiger charge is 2.10. The van der Waals surface area contributed by atoms with Crippen LogP contribution >= 0.6 is 24.8 Å². The van der Waals surface area contributed by atoms with E-state index in [0.717, 1.165) is 0 Å². The molecule has 0 heterocycles. The molecule has 0 radical (unpaired) electrons. The Morgan fingerprint density at radius 1 is 1.33 bits per heavy atom. The Morgan fingerprint density at radius 2 is 1.87 bits per heavy atom. The molecule has 1 aromatic carbocycles. The lowest BCUT2D eigenvalue weighted by atomic mass is 10.1. The van der Waals surface area contributed by atoms with Gasteiger partial charge < -0.3 is 21.7 Å². The molecule has 0 aromatic heterocycles. The molecule has 0 saturated heterocycles. The molecule has 7 heteroatoms. The molecule has 6 N–H and O–H groups in total. The fourth-order valence-electron chi connectivity index (χ4n) is 0.998. The van der Waals surface area contributed by atoms with Gasteiger partial charge in [-0.15, -0.1) is 24.8 Å². The summed E-state index contributed by atoms with van der Waals surface area (Å²) < 4.78 is 0. The molecule has 0 atom stereocenters. The van der Waals surface area contributed by atoms with Gasteiger partial charge in [-0.25, -0.2) is 4.79 Å². The third kappa shape index (κ3) is 3.47. The number of hydrogen-bond acceptors (Lipinski definition) is 4. The normalized spacial score (nSPS) is 8.60. The Hall–Kier alpha value is -1.17. The van der Waals surface area contributed by atoms with Crippen LogP contribution in [0.3, 0.4) is 0 Å². The maximum atomic E-state index is 10.6. The van der Waals surface area contributed by atoms with E-state index in [1.807, 2.05) is 0 Å². The fourth-order valence-corrected chi connectivity index (χ4v) is 0.998. The van der Waals surface area contributed by atoms with E-state index in [4.69, 9.17) is 16.6 Å². The average molecular weight is 255 g/mol. The summed E-state index contributed by atoms with van der Waals surface area (Å²) in [5, 5.41) is 17.9. The fraction of sp³-hybridized carbons (Fsp3) is 0.125. The number of phenolic OH excluding ortho intramolecular Hbond substituents is 1. The standard InChI is InChI=1S/C8H10N2O3.2ClH/c9-3-5-1-4(8(12)13)2-6(10)7(5)11;;/h1-2,11H,3,9-10H2,(H,12,13);2*1H. The summed E-state index contributed by atoms with van der Waals surface area (Å²) in [7, 11) is 0. The summed E-state index contributed by atoms with van der Waals surface area (Å²) in [4.78, 5) is 10.6. The average Bonchev–Trinajstić information content (AvgIpc) is 2.09. The summed E-state index contributed by atoms with van der Waals surface area (Å²) in [6, 6.07) is 2.49. The van der Waals surface area contributed by atoms with Crippen LogP contribution in [0.15, 0.2) is 12.1 Å². The molecule has 0 saturated carbocycles. The molecule has 0 spiro atoms. The third-order valence-corrected chi connectivity index (χ3v) is 1.69.